The van der Waals surface area contributed by atoms with E-state index < -0.39 is 6.55 Å². The van der Waals surface area contributed by atoms with Gasteiger partial charge in [0.25, 0.3) is 0 Å². The van der Waals surface area contributed by atoms with E-state index in [2.05, 4.69) is 9.97 Å². The first-order chi connectivity index (χ1) is 9.16. The molecule has 0 unspecified atom stereocenters. The average Bonchev–Trinajstić information content (AvgIpc) is 2.78. The fourth-order valence-corrected chi connectivity index (χ4v) is 2.18. The van der Waals surface area contributed by atoms with Crippen LogP contribution in [0.3, 0.4) is 0 Å². The van der Waals surface area contributed by atoms with Crippen LogP contribution in [0.5, 0.6) is 0 Å². The zero-order valence-electron chi connectivity index (χ0n) is 10.2. The van der Waals surface area contributed by atoms with Gasteiger partial charge in [-0.25, -0.2) is 9.97 Å². The summed E-state index contributed by atoms with van der Waals surface area (Å²) in [7, 11) is 0. The van der Waals surface area contributed by atoms with Crippen molar-refractivity contribution >= 4 is 10.9 Å². The van der Waals surface area contributed by atoms with Crippen molar-refractivity contribution in [1.29, 1.82) is 0 Å². The molecule has 3 aromatic rings. The highest BCUT2D eigenvalue weighted by atomic mass is 19.3. The zero-order chi connectivity index (χ0) is 13.4. The van der Waals surface area contributed by atoms with Gasteiger partial charge < -0.3 is 0 Å². The van der Waals surface area contributed by atoms with Crippen molar-refractivity contribution in [2.45, 2.75) is 13.5 Å². The van der Waals surface area contributed by atoms with Crippen LogP contribution in [0, 0.1) is 6.92 Å². The van der Waals surface area contributed by atoms with Crippen molar-refractivity contribution in [3.05, 3.63) is 48.5 Å². The summed E-state index contributed by atoms with van der Waals surface area (Å²) < 4.78 is 27.0. The van der Waals surface area contributed by atoms with Gasteiger partial charge in [0.05, 0.1) is 11.2 Å². The number of halogens is 2. The highest BCUT2D eigenvalue weighted by Crippen LogP contribution is 2.32. The largest absolute Gasteiger partial charge is 0.319 e. The van der Waals surface area contributed by atoms with Gasteiger partial charge in [-0.1, -0.05) is 18.2 Å². The number of hydrogen-bond acceptors (Lipinski definition) is 2. The van der Waals surface area contributed by atoms with Crippen LogP contribution in [0.1, 0.15) is 12.4 Å². The van der Waals surface area contributed by atoms with E-state index >= 15 is 0 Å². The number of alkyl halides is 2. The Morgan fingerprint density at radius 1 is 1.16 bits per heavy atom. The third kappa shape index (κ3) is 1.97. The molecule has 0 saturated heterocycles. The predicted molar refractivity (Wildman–Crippen MR) is 69.0 cm³/mol. The smallest absolute Gasteiger partial charge is 0.290 e. The first-order valence-corrected chi connectivity index (χ1v) is 5.84. The molecule has 2 aromatic heterocycles. The molecule has 0 bridgehead atoms. The zero-order valence-corrected chi connectivity index (χ0v) is 10.2. The van der Waals surface area contributed by atoms with Gasteiger partial charge in [-0.15, -0.1) is 0 Å². The molecule has 0 fully saturated rings. The molecule has 0 saturated carbocycles. The molecule has 0 aliphatic rings. The molecule has 0 aliphatic heterocycles. The minimum absolute atomic E-state index is 0.503. The van der Waals surface area contributed by atoms with E-state index in [1.165, 1.54) is 6.20 Å². The molecule has 0 spiro atoms. The second-order valence-corrected chi connectivity index (χ2v) is 4.23. The van der Waals surface area contributed by atoms with Crippen molar-refractivity contribution < 1.29 is 8.78 Å². The predicted octanol–water partition coefficient (Wildman–Crippen LogP) is 3.80. The van der Waals surface area contributed by atoms with Gasteiger partial charge in [0.2, 0.25) is 0 Å². The molecule has 0 N–H and O–H groups in total. The molecular formula is C14H11F2N3. The van der Waals surface area contributed by atoms with E-state index in [4.69, 9.17) is 0 Å². The van der Waals surface area contributed by atoms with E-state index in [1.54, 1.807) is 31.3 Å². The molecule has 0 atom stereocenters. The second kappa shape index (κ2) is 4.42. The molecule has 2 heterocycles. The lowest BCUT2D eigenvalue weighted by Crippen LogP contribution is -1.94. The van der Waals surface area contributed by atoms with E-state index in [1.807, 2.05) is 12.1 Å². The minimum atomic E-state index is -2.57. The summed E-state index contributed by atoms with van der Waals surface area (Å²) in [5.74, 6) is 0.617. The topological polar surface area (TPSA) is 30.7 Å². The first kappa shape index (κ1) is 11.8. The number of nitrogens with zero attached hydrogens (tertiary/aromatic N) is 3. The van der Waals surface area contributed by atoms with Crippen LogP contribution >= 0.6 is 0 Å². The maximum atomic E-state index is 13.0. The van der Waals surface area contributed by atoms with E-state index in [-0.39, 0.29) is 0 Å². The van der Waals surface area contributed by atoms with Crippen molar-refractivity contribution in [2.24, 2.45) is 0 Å². The van der Waals surface area contributed by atoms with Gasteiger partial charge >= 0.3 is 6.55 Å². The molecular weight excluding hydrogens is 248 g/mol. The Balaban J connectivity index is 2.30. The van der Waals surface area contributed by atoms with Crippen LogP contribution < -0.4 is 0 Å². The fraction of sp³-hybridized carbons (Fsp3) is 0.143. The lowest BCUT2D eigenvalue weighted by molar-refractivity contribution is 0.0753. The normalized spacial score (nSPS) is 11.4. The maximum absolute atomic E-state index is 13.0. The molecule has 3 rings (SSSR count). The van der Waals surface area contributed by atoms with Gasteiger partial charge in [0.1, 0.15) is 5.82 Å². The first-order valence-electron chi connectivity index (χ1n) is 5.84. The van der Waals surface area contributed by atoms with Crippen LogP contribution in [0.2, 0.25) is 0 Å². The summed E-state index contributed by atoms with van der Waals surface area (Å²) in [6, 6.07) is 8.80. The molecule has 0 amide bonds. The van der Waals surface area contributed by atoms with Crippen LogP contribution in [0.4, 0.5) is 8.78 Å². The Bertz CT molecular complexity index is 734. The number of rotatable bonds is 2. The number of aromatic nitrogens is 3. The van der Waals surface area contributed by atoms with Gasteiger partial charge in [0, 0.05) is 23.3 Å². The maximum Gasteiger partial charge on any atom is 0.319 e. The average molecular weight is 259 g/mol. The Morgan fingerprint density at radius 3 is 2.68 bits per heavy atom. The molecule has 5 heteroatoms. The number of para-hydroxylation sites is 1. The van der Waals surface area contributed by atoms with Gasteiger partial charge in [0.15, 0.2) is 0 Å². The number of hydrogen-bond donors (Lipinski definition) is 0. The van der Waals surface area contributed by atoms with E-state index in [9.17, 15) is 8.78 Å². The van der Waals surface area contributed by atoms with Crippen LogP contribution in [0.25, 0.3) is 22.2 Å². The van der Waals surface area contributed by atoms with Crippen LogP contribution in [0.15, 0.2) is 42.7 Å². The van der Waals surface area contributed by atoms with E-state index in [0.29, 0.717) is 22.6 Å². The SMILES string of the molecule is Cc1nccc(-c2cn(C(F)F)c3ccccc23)n1. The van der Waals surface area contributed by atoms with Gasteiger partial charge in [-0.3, -0.25) is 4.57 Å². The molecule has 19 heavy (non-hydrogen) atoms. The Hall–Kier alpha value is -2.30. The van der Waals surface area contributed by atoms with E-state index in [0.717, 1.165) is 9.95 Å². The lowest BCUT2D eigenvalue weighted by Gasteiger charge is -2.01. The number of benzene rings is 1. The fourth-order valence-electron chi connectivity index (χ4n) is 2.18. The number of aryl methyl sites for hydroxylation is 1. The molecule has 0 radical (unpaired) electrons. The third-order valence-electron chi connectivity index (χ3n) is 3.00. The molecule has 96 valence electrons. The quantitative estimate of drug-likeness (QED) is 0.700. The summed E-state index contributed by atoms with van der Waals surface area (Å²) in [4.78, 5) is 8.32. The van der Waals surface area contributed by atoms with Crippen molar-refractivity contribution in [2.75, 3.05) is 0 Å². The molecule has 3 nitrogen and oxygen atoms in total. The van der Waals surface area contributed by atoms with Crippen LogP contribution in [-0.4, -0.2) is 14.5 Å². The summed E-state index contributed by atoms with van der Waals surface area (Å²) in [6.07, 6.45) is 3.07. The summed E-state index contributed by atoms with van der Waals surface area (Å²) in [5, 5.41) is 0.765. The number of fused-ring (bicyclic) bond motifs is 1. The highest BCUT2D eigenvalue weighted by Gasteiger charge is 2.15. The van der Waals surface area contributed by atoms with Crippen molar-refractivity contribution in [3.8, 4) is 11.3 Å². The molecule has 1 aromatic carbocycles. The standard InChI is InChI=1S/C14H11F2N3/c1-9-17-7-6-12(18-9)11-8-19(14(15)16)13-5-3-2-4-10(11)13/h2-8,14H,1H3. The Morgan fingerprint density at radius 2 is 1.95 bits per heavy atom. The summed E-state index contributed by atoms with van der Waals surface area (Å²) in [5.41, 5.74) is 1.85. The van der Waals surface area contributed by atoms with Gasteiger partial charge in [-0.2, -0.15) is 8.78 Å². The monoisotopic (exact) mass is 259 g/mol. The molecule has 0 aliphatic carbocycles. The Labute approximate surface area is 108 Å². The van der Waals surface area contributed by atoms with Crippen molar-refractivity contribution in [1.82, 2.24) is 14.5 Å². The third-order valence-corrected chi connectivity index (χ3v) is 3.00. The summed E-state index contributed by atoms with van der Waals surface area (Å²) in [6.45, 7) is -0.794. The Kier molecular flexibility index (Phi) is 2.74. The van der Waals surface area contributed by atoms with Crippen molar-refractivity contribution in [3.63, 3.8) is 0 Å². The van der Waals surface area contributed by atoms with Gasteiger partial charge in [-0.05, 0) is 19.1 Å². The highest BCUT2D eigenvalue weighted by molar-refractivity contribution is 5.95. The second-order valence-electron chi connectivity index (χ2n) is 4.23. The lowest BCUT2D eigenvalue weighted by atomic mass is 10.1. The van der Waals surface area contributed by atoms with Crippen LogP contribution in [-0.2, 0) is 0 Å². The minimum Gasteiger partial charge on any atom is -0.290 e. The summed E-state index contributed by atoms with van der Waals surface area (Å²) >= 11 is 0.